The number of piperidine rings is 1. The van der Waals surface area contributed by atoms with Gasteiger partial charge in [0.1, 0.15) is 17.0 Å². The number of aromatic amines is 1. The first-order valence-corrected chi connectivity index (χ1v) is 9.57. The molecule has 4 aromatic rings. The summed E-state index contributed by atoms with van der Waals surface area (Å²) in [6, 6.07) is 8.41. The Morgan fingerprint density at radius 1 is 1.24 bits per heavy atom. The first-order chi connectivity index (χ1) is 14.1. The van der Waals surface area contributed by atoms with Crippen molar-refractivity contribution in [3.8, 4) is 28.6 Å². The summed E-state index contributed by atoms with van der Waals surface area (Å²) in [6.07, 6.45) is 1.90. The normalized spacial score (nSPS) is 15.2. The SMILES string of the molecule is Cc1nn2c(C3CCNCC3)cc(=O)[nH]c2c1-c1nc(-c2ccccc2O)no1. The number of benzene rings is 1. The number of aromatic hydroxyl groups is 1. The average molecular weight is 392 g/mol. The molecule has 1 saturated heterocycles. The summed E-state index contributed by atoms with van der Waals surface area (Å²) in [6.45, 7) is 3.68. The van der Waals surface area contributed by atoms with Gasteiger partial charge in [0, 0.05) is 12.0 Å². The number of para-hydroxylation sites is 1. The fraction of sp³-hybridized carbons (Fsp3) is 0.300. The summed E-state index contributed by atoms with van der Waals surface area (Å²) in [5.74, 6) is 0.841. The van der Waals surface area contributed by atoms with E-state index in [4.69, 9.17) is 4.52 Å². The smallest absolute Gasteiger partial charge is 0.263 e. The van der Waals surface area contributed by atoms with Crippen LogP contribution < -0.4 is 10.9 Å². The minimum absolute atomic E-state index is 0.0676. The maximum Gasteiger partial charge on any atom is 0.263 e. The molecule has 1 aromatic carbocycles. The van der Waals surface area contributed by atoms with Crippen LogP contribution in [-0.4, -0.2) is 42.9 Å². The highest BCUT2D eigenvalue weighted by Gasteiger charge is 2.25. The van der Waals surface area contributed by atoms with E-state index in [1.54, 1.807) is 34.8 Å². The van der Waals surface area contributed by atoms with Crippen molar-refractivity contribution in [2.24, 2.45) is 0 Å². The summed E-state index contributed by atoms with van der Waals surface area (Å²) >= 11 is 0. The monoisotopic (exact) mass is 392 g/mol. The third-order valence-corrected chi connectivity index (χ3v) is 5.37. The van der Waals surface area contributed by atoms with Gasteiger partial charge in [-0.15, -0.1) is 0 Å². The lowest BCUT2D eigenvalue weighted by Crippen LogP contribution is -2.28. The van der Waals surface area contributed by atoms with Crippen molar-refractivity contribution in [2.75, 3.05) is 13.1 Å². The molecule has 0 saturated carbocycles. The van der Waals surface area contributed by atoms with Crippen molar-refractivity contribution >= 4 is 5.65 Å². The summed E-state index contributed by atoms with van der Waals surface area (Å²) < 4.78 is 7.26. The summed E-state index contributed by atoms with van der Waals surface area (Å²) in [4.78, 5) is 19.7. The summed E-state index contributed by atoms with van der Waals surface area (Å²) in [7, 11) is 0. The molecule has 0 atom stereocenters. The lowest BCUT2D eigenvalue weighted by molar-refractivity contribution is 0.431. The molecule has 3 N–H and O–H groups in total. The Labute approximate surface area is 165 Å². The lowest BCUT2D eigenvalue weighted by atomic mass is 9.94. The van der Waals surface area contributed by atoms with Crippen molar-refractivity contribution in [3.05, 3.63) is 52.1 Å². The highest BCUT2D eigenvalue weighted by atomic mass is 16.5. The Hall–Kier alpha value is -3.46. The van der Waals surface area contributed by atoms with Crippen LogP contribution in [0.2, 0.25) is 0 Å². The third-order valence-electron chi connectivity index (χ3n) is 5.37. The van der Waals surface area contributed by atoms with Crippen LogP contribution in [0.4, 0.5) is 0 Å². The van der Waals surface area contributed by atoms with Gasteiger partial charge in [-0.3, -0.25) is 4.79 Å². The fourth-order valence-electron chi connectivity index (χ4n) is 3.94. The summed E-state index contributed by atoms with van der Waals surface area (Å²) in [5.41, 5.74) is 2.98. The second-order valence-corrected chi connectivity index (χ2v) is 7.24. The molecule has 9 nitrogen and oxygen atoms in total. The number of phenols is 1. The van der Waals surface area contributed by atoms with Gasteiger partial charge < -0.3 is 19.9 Å². The van der Waals surface area contributed by atoms with E-state index in [1.807, 2.05) is 6.92 Å². The van der Waals surface area contributed by atoms with Gasteiger partial charge in [-0.25, -0.2) is 4.52 Å². The second kappa shape index (κ2) is 6.85. The van der Waals surface area contributed by atoms with Crippen LogP contribution >= 0.6 is 0 Å². The standard InChI is InChI=1S/C20H20N6O3/c1-11-17(20-23-18(25-29-20)13-4-2-3-5-15(13)27)19-22-16(28)10-14(26(19)24-11)12-6-8-21-9-7-12/h2-5,10,12,21,27H,6-9H2,1H3,(H,22,28). The molecular formula is C20H20N6O3. The van der Waals surface area contributed by atoms with Crippen molar-refractivity contribution in [2.45, 2.75) is 25.7 Å². The second-order valence-electron chi connectivity index (χ2n) is 7.24. The number of phenolic OH excluding ortho intramolecular Hbond substituents is 1. The van der Waals surface area contributed by atoms with Gasteiger partial charge >= 0.3 is 0 Å². The number of rotatable bonds is 3. The summed E-state index contributed by atoms with van der Waals surface area (Å²) in [5, 5.41) is 22.1. The van der Waals surface area contributed by atoms with Crippen LogP contribution in [-0.2, 0) is 0 Å². The minimum atomic E-state index is -0.187. The van der Waals surface area contributed by atoms with E-state index in [1.165, 1.54) is 0 Å². The molecule has 1 aliphatic rings. The fourth-order valence-corrected chi connectivity index (χ4v) is 3.94. The Bertz CT molecular complexity index is 1250. The van der Waals surface area contributed by atoms with E-state index >= 15 is 0 Å². The van der Waals surface area contributed by atoms with Gasteiger partial charge in [0.25, 0.3) is 11.4 Å². The molecule has 3 aromatic heterocycles. The predicted octanol–water partition coefficient (Wildman–Crippen LogP) is 2.22. The molecule has 0 spiro atoms. The predicted molar refractivity (Wildman–Crippen MR) is 106 cm³/mol. The largest absolute Gasteiger partial charge is 0.507 e. The Kier molecular flexibility index (Phi) is 4.17. The molecule has 0 unspecified atom stereocenters. The first kappa shape index (κ1) is 17.6. The number of fused-ring (bicyclic) bond motifs is 1. The zero-order chi connectivity index (χ0) is 20.0. The molecule has 29 heavy (non-hydrogen) atoms. The van der Waals surface area contributed by atoms with Crippen molar-refractivity contribution < 1.29 is 9.63 Å². The molecule has 1 aliphatic heterocycles. The molecule has 1 fully saturated rings. The van der Waals surface area contributed by atoms with Crippen LogP contribution in [0, 0.1) is 6.92 Å². The maximum atomic E-state index is 12.4. The Morgan fingerprint density at radius 2 is 2.03 bits per heavy atom. The first-order valence-electron chi connectivity index (χ1n) is 9.57. The highest BCUT2D eigenvalue weighted by Crippen LogP contribution is 2.32. The number of nitrogens with one attached hydrogen (secondary N) is 2. The van der Waals surface area contributed by atoms with Crippen LogP contribution in [0.5, 0.6) is 5.75 Å². The van der Waals surface area contributed by atoms with Gasteiger partial charge in [0.05, 0.1) is 17.0 Å². The van der Waals surface area contributed by atoms with Gasteiger partial charge in [0.15, 0.2) is 0 Å². The lowest BCUT2D eigenvalue weighted by Gasteiger charge is -2.23. The number of nitrogens with zero attached hydrogens (tertiary/aromatic N) is 4. The van der Waals surface area contributed by atoms with E-state index in [-0.39, 0.29) is 28.9 Å². The van der Waals surface area contributed by atoms with Gasteiger partial charge in [0.2, 0.25) is 5.82 Å². The quantitative estimate of drug-likeness (QED) is 0.489. The van der Waals surface area contributed by atoms with E-state index in [2.05, 4.69) is 25.5 Å². The number of hydrogen-bond donors (Lipinski definition) is 3. The Morgan fingerprint density at radius 3 is 2.83 bits per heavy atom. The molecule has 0 amide bonds. The van der Waals surface area contributed by atoms with Crippen molar-refractivity contribution in [1.82, 2.24) is 30.1 Å². The van der Waals surface area contributed by atoms with E-state index in [9.17, 15) is 9.90 Å². The van der Waals surface area contributed by atoms with Gasteiger partial charge in [-0.05, 0) is 45.0 Å². The topological polar surface area (TPSA) is 121 Å². The van der Waals surface area contributed by atoms with E-state index < -0.39 is 0 Å². The number of H-pyrrole nitrogens is 1. The molecule has 9 heteroatoms. The van der Waals surface area contributed by atoms with E-state index in [0.717, 1.165) is 31.6 Å². The zero-order valence-electron chi connectivity index (χ0n) is 15.8. The molecule has 148 valence electrons. The van der Waals surface area contributed by atoms with Crippen LogP contribution in [0.1, 0.15) is 30.1 Å². The van der Waals surface area contributed by atoms with Gasteiger partial charge in [-0.1, -0.05) is 17.3 Å². The third kappa shape index (κ3) is 2.99. The highest BCUT2D eigenvalue weighted by molar-refractivity contribution is 5.76. The Balaban J connectivity index is 1.65. The van der Waals surface area contributed by atoms with Gasteiger partial charge in [-0.2, -0.15) is 10.1 Å². The molecule has 5 rings (SSSR count). The molecule has 0 bridgehead atoms. The molecule has 4 heterocycles. The molecule has 0 radical (unpaired) electrons. The average Bonchev–Trinajstić information content (AvgIpc) is 3.32. The van der Waals surface area contributed by atoms with Crippen LogP contribution in [0.3, 0.4) is 0 Å². The number of hydrogen-bond acceptors (Lipinski definition) is 7. The van der Waals surface area contributed by atoms with Crippen molar-refractivity contribution in [1.29, 1.82) is 0 Å². The van der Waals surface area contributed by atoms with Crippen LogP contribution in [0.25, 0.3) is 28.5 Å². The number of aromatic nitrogens is 5. The minimum Gasteiger partial charge on any atom is -0.507 e. The van der Waals surface area contributed by atoms with E-state index in [0.29, 0.717) is 22.5 Å². The van der Waals surface area contributed by atoms with Crippen LogP contribution in [0.15, 0.2) is 39.6 Å². The molecule has 0 aliphatic carbocycles. The number of aryl methyl sites for hydroxylation is 1. The molecular weight excluding hydrogens is 372 g/mol. The maximum absolute atomic E-state index is 12.4. The zero-order valence-corrected chi connectivity index (χ0v) is 15.8. The van der Waals surface area contributed by atoms with Crippen molar-refractivity contribution in [3.63, 3.8) is 0 Å².